The highest BCUT2D eigenvalue weighted by molar-refractivity contribution is 6.31. The Kier molecular flexibility index (Phi) is 8.16. The van der Waals surface area contributed by atoms with Gasteiger partial charge in [0, 0.05) is 23.7 Å². The zero-order chi connectivity index (χ0) is 15.7. The summed E-state index contributed by atoms with van der Waals surface area (Å²) in [5.74, 6) is 1.11. The molecular weight excluding hydrogens is 288 g/mol. The number of halogens is 1. The van der Waals surface area contributed by atoms with Gasteiger partial charge in [-0.3, -0.25) is 4.79 Å². The van der Waals surface area contributed by atoms with Gasteiger partial charge in [-0.1, -0.05) is 38.4 Å². The molecule has 0 heterocycles. The lowest BCUT2D eigenvalue weighted by atomic mass is 10.1. The number of amides is 1. The third-order valence-electron chi connectivity index (χ3n) is 2.86. The van der Waals surface area contributed by atoms with E-state index in [4.69, 9.17) is 16.3 Å². The van der Waals surface area contributed by atoms with Crippen molar-refractivity contribution in [2.24, 2.45) is 5.92 Å². The molecule has 0 spiro atoms. The second-order valence-electron chi connectivity index (χ2n) is 5.38. The maximum absolute atomic E-state index is 11.6. The Morgan fingerprint density at radius 1 is 1.38 bits per heavy atom. The van der Waals surface area contributed by atoms with E-state index in [1.54, 1.807) is 0 Å². The molecular formula is C16H25ClN2O2. The third-order valence-corrected chi connectivity index (χ3v) is 3.22. The minimum atomic E-state index is -0.113. The van der Waals surface area contributed by atoms with Crippen LogP contribution in [0.2, 0.25) is 5.02 Å². The molecule has 21 heavy (non-hydrogen) atoms. The van der Waals surface area contributed by atoms with Crippen molar-refractivity contribution in [3.8, 4) is 5.75 Å². The molecule has 1 aromatic rings. The van der Waals surface area contributed by atoms with Crippen LogP contribution in [0.25, 0.3) is 0 Å². The molecule has 0 bridgehead atoms. The predicted molar refractivity (Wildman–Crippen MR) is 86.8 cm³/mol. The van der Waals surface area contributed by atoms with Gasteiger partial charge in [-0.2, -0.15) is 0 Å². The Labute approximate surface area is 132 Å². The zero-order valence-corrected chi connectivity index (χ0v) is 13.8. The van der Waals surface area contributed by atoms with E-state index in [9.17, 15) is 4.79 Å². The van der Waals surface area contributed by atoms with Gasteiger partial charge in [0.15, 0.2) is 6.61 Å². The molecule has 0 fully saturated rings. The number of carbonyl (C=O) groups is 1. The first-order chi connectivity index (χ1) is 10.0. The van der Waals surface area contributed by atoms with E-state index in [0.717, 1.165) is 18.5 Å². The van der Waals surface area contributed by atoms with Gasteiger partial charge in [-0.15, -0.1) is 0 Å². The van der Waals surface area contributed by atoms with E-state index in [1.807, 2.05) is 25.1 Å². The summed E-state index contributed by atoms with van der Waals surface area (Å²) in [4.78, 5) is 11.6. The molecule has 0 aromatic heterocycles. The van der Waals surface area contributed by atoms with Gasteiger partial charge in [0.05, 0.1) is 0 Å². The lowest BCUT2D eigenvalue weighted by Gasteiger charge is -2.14. The average molecular weight is 313 g/mol. The topological polar surface area (TPSA) is 50.4 Å². The van der Waals surface area contributed by atoms with Crippen molar-refractivity contribution in [3.05, 3.63) is 28.8 Å². The quantitative estimate of drug-likeness (QED) is 0.737. The second kappa shape index (κ2) is 9.64. The highest BCUT2D eigenvalue weighted by Gasteiger charge is 2.10. The van der Waals surface area contributed by atoms with E-state index >= 15 is 0 Å². The van der Waals surface area contributed by atoms with Crippen LogP contribution >= 0.6 is 11.6 Å². The normalized spacial score (nSPS) is 10.7. The van der Waals surface area contributed by atoms with Crippen LogP contribution in [0.1, 0.15) is 32.8 Å². The van der Waals surface area contributed by atoms with Crippen LogP contribution in [0, 0.1) is 5.92 Å². The van der Waals surface area contributed by atoms with Gasteiger partial charge in [-0.25, -0.2) is 0 Å². The lowest BCUT2D eigenvalue weighted by molar-refractivity contribution is -0.123. The summed E-state index contributed by atoms with van der Waals surface area (Å²) in [6, 6.07) is 5.50. The summed E-state index contributed by atoms with van der Waals surface area (Å²) in [5, 5.41) is 6.77. The van der Waals surface area contributed by atoms with Crippen LogP contribution in [0.4, 0.5) is 0 Å². The monoisotopic (exact) mass is 312 g/mol. The summed E-state index contributed by atoms with van der Waals surface area (Å²) >= 11 is 6.22. The largest absolute Gasteiger partial charge is 0.483 e. The van der Waals surface area contributed by atoms with Gasteiger partial charge < -0.3 is 15.4 Å². The Balaban J connectivity index is 2.60. The number of rotatable bonds is 9. The number of benzene rings is 1. The van der Waals surface area contributed by atoms with Crippen LogP contribution in [-0.4, -0.2) is 25.6 Å². The van der Waals surface area contributed by atoms with Gasteiger partial charge in [0.25, 0.3) is 5.91 Å². The fourth-order valence-corrected chi connectivity index (χ4v) is 2.02. The first-order valence-electron chi connectivity index (χ1n) is 7.42. The Morgan fingerprint density at radius 2 is 2.14 bits per heavy atom. The smallest absolute Gasteiger partial charge is 0.257 e. The van der Waals surface area contributed by atoms with Crippen LogP contribution in [0.15, 0.2) is 18.2 Å². The molecule has 5 heteroatoms. The minimum Gasteiger partial charge on any atom is -0.483 e. The molecule has 0 aliphatic rings. The number of nitrogens with one attached hydrogen (secondary N) is 2. The predicted octanol–water partition coefficient (Wildman–Crippen LogP) is 2.99. The van der Waals surface area contributed by atoms with Crippen molar-refractivity contribution in [2.75, 3.05) is 19.7 Å². The van der Waals surface area contributed by atoms with E-state index < -0.39 is 0 Å². The van der Waals surface area contributed by atoms with Crippen LogP contribution in [0.3, 0.4) is 0 Å². The van der Waals surface area contributed by atoms with Crippen molar-refractivity contribution in [1.82, 2.24) is 10.6 Å². The van der Waals surface area contributed by atoms with Gasteiger partial charge in [0.2, 0.25) is 0 Å². The third kappa shape index (κ3) is 6.82. The molecule has 118 valence electrons. The molecule has 0 aliphatic heterocycles. The first kappa shape index (κ1) is 17.8. The lowest BCUT2D eigenvalue weighted by Crippen LogP contribution is -2.29. The van der Waals surface area contributed by atoms with Crippen molar-refractivity contribution in [2.45, 2.75) is 33.7 Å². The SMILES string of the molecule is CCCNC(=O)COc1cccc(Cl)c1CNCC(C)C. The molecule has 1 aromatic carbocycles. The molecule has 1 amide bonds. The van der Waals surface area contributed by atoms with Crippen molar-refractivity contribution >= 4 is 17.5 Å². The fourth-order valence-electron chi connectivity index (χ4n) is 1.79. The number of carbonyl (C=O) groups excluding carboxylic acids is 1. The molecule has 0 aliphatic carbocycles. The Bertz CT molecular complexity index is 450. The Hall–Kier alpha value is -1.26. The summed E-state index contributed by atoms with van der Waals surface area (Å²) in [7, 11) is 0. The van der Waals surface area contributed by atoms with Crippen LogP contribution in [0.5, 0.6) is 5.75 Å². The number of hydrogen-bond donors (Lipinski definition) is 2. The van der Waals surface area contributed by atoms with Crippen molar-refractivity contribution in [3.63, 3.8) is 0 Å². The van der Waals surface area contributed by atoms with E-state index in [2.05, 4.69) is 24.5 Å². The molecule has 1 rings (SSSR count). The fraction of sp³-hybridized carbons (Fsp3) is 0.562. The van der Waals surface area contributed by atoms with E-state index in [-0.39, 0.29) is 12.5 Å². The van der Waals surface area contributed by atoms with Gasteiger partial charge >= 0.3 is 0 Å². The average Bonchev–Trinajstić information content (AvgIpc) is 2.44. The van der Waals surface area contributed by atoms with Crippen molar-refractivity contribution < 1.29 is 9.53 Å². The summed E-state index contributed by atoms with van der Waals surface area (Å²) in [5.41, 5.74) is 0.892. The maximum Gasteiger partial charge on any atom is 0.257 e. The first-order valence-corrected chi connectivity index (χ1v) is 7.80. The van der Waals surface area contributed by atoms with Gasteiger partial charge in [-0.05, 0) is 31.0 Å². The number of ether oxygens (including phenoxy) is 1. The number of hydrogen-bond acceptors (Lipinski definition) is 3. The molecule has 0 saturated carbocycles. The van der Waals surface area contributed by atoms with Crippen LogP contribution in [-0.2, 0) is 11.3 Å². The molecule has 4 nitrogen and oxygen atoms in total. The summed E-state index contributed by atoms with van der Waals surface area (Å²) in [6.45, 7) is 8.52. The standard InChI is InChI=1S/C16H25ClN2O2/c1-4-8-19-16(20)11-21-15-7-5-6-14(17)13(15)10-18-9-12(2)3/h5-7,12,18H,4,8-11H2,1-3H3,(H,19,20). The maximum atomic E-state index is 11.6. The molecule has 0 radical (unpaired) electrons. The van der Waals surface area contributed by atoms with E-state index in [0.29, 0.717) is 29.8 Å². The molecule has 0 atom stereocenters. The molecule has 2 N–H and O–H groups in total. The Morgan fingerprint density at radius 3 is 2.81 bits per heavy atom. The summed E-state index contributed by atoms with van der Waals surface area (Å²) in [6.07, 6.45) is 0.910. The highest BCUT2D eigenvalue weighted by Crippen LogP contribution is 2.26. The van der Waals surface area contributed by atoms with E-state index in [1.165, 1.54) is 0 Å². The zero-order valence-electron chi connectivity index (χ0n) is 13.0. The molecule has 0 unspecified atom stereocenters. The molecule has 0 saturated heterocycles. The van der Waals surface area contributed by atoms with Crippen molar-refractivity contribution in [1.29, 1.82) is 0 Å². The minimum absolute atomic E-state index is 0.0114. The van der Waals surface area contributed by atoms with Crippen LogP contribution < -0.4 is 15.4 Å². The van der Waals surface area contributed by atoms with Gasteiger partial charge in [0.1, 0.15) is 5.75 Å². The summed E-state index contributed by atoms with van der Waals surface area (Å²) < 4.78 is 5.60. The highest BCUT2D eigenvalue weighted by atomic mass is 35.5. The second-order valence-corrected chi connectivity index (χ2v) is 5.79.